The molecule has 0 fully saturated rings. The predicted octanol–water partition coefficient (Wildman–Crippen LogP) is -0.0383. The monoisotopic (exact) mass is 189 g/mol. The molecule has 0 spiro atoms. The number of dihydropyridines is 1. The van der Waals surface area contributed by atoms with Gasteiger partial charge in [-0.15, -0.1) is 0 Å². The van der Waals surface area contributed by atoms with Crippen molar-refractivity contribution in [1.29, 1.82) is 0 Å². The van der Waals surface area contributed by atoms with Gasteiger partial charge in [-0.2, -0.15) is 0 Å². The zero-order valence-corrected chi connectivity index (χ0v) is 6.38. The Morgan fingerprint density at radius 3 is 2.67 bits per heavy atom. The molecule has 2 atom stereocenters. The Bertz CT molecular complexity index is 164. The van der Waals surface area contributed by atoms with Crippen molar-refractivity contribution >= 4 is 22.1 Å². The average molecular weight is 190 g/mol. The molecule has 1 rings (SSSR count). The largest absolute Gasteiger partial charge is 0.322 e. The van der Waals surface area contributed by atoms with Gasteiger partial charge in [-0.1, -0.05) is 0 Å². The topological polar surface area (TPSA) is 64.4 Å². The second-order valence-electron chi connectivity index (χ2n) is 1.90. The van der Waals surface area contributed by atoms with Crippen LogP contribution in [0.25, 0.3) is 0 Å². The van der Waals surface area contributed by atoms with E-state index in [0.717, 1.165) is 4.48 Å². The fourth-order valence-corrected chi connectivity index (χ4v) is 1.01. The number of halogens is 1. The number of nitrogens with two attached hydrogens (primary N) is 2. The predicted molar refractivity (Wildman–Crippen MR) is 41.5 cm³/mol. The van der Waals surface area contributed by atoms with Gasteiger partial charge in [0.15, 0.2) is 0 Å². The van der Waals surface area contributed by atoms with Crippen LogP contribution in [0.3, 0.4) is 0 Å². The Hall–Kier alpha value is -0.190. The number of aliphatic imine (C=N–C) groups is 1. The van der Waals surface area contributed by atoms with E-state index in [4.69, 9.17) is 11.5 Å². The van der Waals surface area contributed by atoms with E-state index in [9.17, 15) is 0 Å². The molecule has 0 saturated heterocycles. The summed E-state index contributed by atoms with van der Waals surface area (Å²) in [6, 6.07) is -0.149. The van der Waals surface area contributed by atoms with E-state index < -0.39 is 0 Å². The van der Waals surface area contributed by atoms with Gasteiger partial charge in [0.25, 0.3) is 0 Å². The van der Waals surface area contributed by atoms with E-state index in [1.165, 1.54) is 0 Å². The molecule has 1 aliphatic rings. The fraction of sp³-hybridized carbons (Fsp3) is 0.400. The average Bonchev–Trinajstić information content (AvgIpc) is 1.80. The highest BCUT2D eigenvalue weighted by molar-refractivity contribution is 9.12. The molecule has 2 unspecified atom stereocenters. The number of hydrogen-bond acceptors (Lipinski definition) is 3. The van der Waals surface area contributed by atoms with Crippen LogP contribution in [0.5, 0.6) is 0 Å². The van der Waals surface area contributed by atoms with E-state index >= 15 is 0 Å². The third-order valence-corrected chi connectivity index (χ3v) is 1.59. The first-order valence-corrected chi connectivity index (χ1v) is 3.41. The van der Waals surface area contributed by atoms with Crippen LogP contribution < -0.4 is 11.5 Å². The summed E-state index contributed by atoms with van der Waals surface area (Å²) in [6.07, 6.45) is 3.22. The van der Waals surface area contributed by atoms with Crippen molar-refractivity contribution in [2.45, 2.75) is 12.2 Å². The summed E-state index contributed by atoms with van der Waals surface area (Å²) in [7, 11) is 0. The van der Waals surface area contributed by atoms with Gasteiger partial charge in [-0.05, 0) is 22.0 Å². The summed E-state index contributed by atoms with van der Waals surface area (Å²) < 4.78 is 0.900. The van der Waals surface area contributed by atoms with Crippen molar-refractivity contribution in [3.63, 3.8) is 0 Å². The molecule has 0 saturated carbocycles. The first-order valence-electron chi connectivity index (χ1n) is 2.62. The molecule has 50 valence electrons. The maximum absolute atomic E-state index is 5.52. The molecule has 0 aromatic carbocycles. The highest BCUT2D eigenvalue weighted by atomic mass is 79.9. The second kappa shape index (κ2) is 2.60. The quantitative estimate of drug-likeness (QED) is 0.562. The molecule has 0 aromatic heterocycles. The minimum atomic E-state index is -0.272. The van der Waals surface area contributed by atoms with Crippen molar-refractivity contribution in [2.75, 3.05) is 0 Å². The Balaban J connectivity index is 2.70. The highest BCUT2D eigenvalue weighted by Gasteiger charge is 2.11. The fourth-order valence-electron chi connectivity index (χ4n) is 0.582. The van der Waals surface area contributed by atoms with Crippen molar-refractivity contribution < 1.29 is 0 Å². The molecule has 0 aromatic rings. The lowest BCUT2D eigenvalue weighted by molar-refractivity contribution is 0.623. The molecule has 9 heavy (non-hydrogen) atoms. The van der Waals surface area contributed by atoms with Gasteiger partial charge in [0, 0.05) is 10.7 Å². The van der Waals surface area contributed by atoms with E-state index in [1.54, 1.807) is 6.21 Å². The Kier molecular flexibility index (Phi) is 2.00. The molecule has 1 heterocycles. The third kappa shape index (κ3) is 1.61. The molecule has 1 aliphatic heterocycles. The minimum absolute atomic E-state index is 0.149. The summed E-state index contributed by atoms with van der Waals surface area (Å²) in [5, 5.41) is 0. The Morgan fingerprint density at radius 1 is 1.56 bits per heavy atom. The number of allylic oxidation sites excluding steroid dienone is 1. The maximum Gasteiger partial charge on any atom is 0.116 e. The molecule has 0 aliphatic carbocycles. The van der Waals surface area contributed by atoms with Crippen molar-refractivity contribution in [3.05, 3.63) is 10.6 Å². The van der Waals surface area contributed by atoms with Gasteiger partial charge in [0.2, 0.25) is 0 Å². The number of hydrogen-bond donors (Lipinski definition) is 2. The first-order chi connectivity index (χ1) is 4.20. The summed E-state index contributed by atoms with van der Waals surface area (Å²) in [5.74, 6) is 0. The van der Waals surface area contributed by atoms with Crippen molar-refractivity contribution in [2.24, 2.45) is 16.5 Å². The first kappa shape index (κ1) is 6.92. The van der Waals surface area contributed by atoms with Gasteiger partial charge in [-0.3, -0.25) is 4.99 Å². The van der Waals surface area contributed by atoms with Crippen LogP contribution in [0.4, 0.5) is 0 Å². The van der Waals surface area contributed by atoms with E-state index in [0.29, 0.717) is 0 Å². The lowest BCUT2D eigenvalue weighted by Crippen LogP contribution is -2.40. The summed E-state index contributed by atoms with van der Waals surface area (Å²) in [4.78, 5) is 3.90. The van der Waals surface area contributed by atoms with Crippen LogP contribution in [-0.2, 0) is 0 Å². The SMILES string of the molecule is NC1C=C(Br)C=NC1N. The highest BCUT2D eigenvalue weighted by Crippen LogP contribution is 2.08. The minimum Gasteiger partial charge on any atom is -0.322 e. The van der Waals surface area contributed by atoms with Gasteiger partial charge in [0.1, 0.15) is 6.17 Å². The number of rotatable bonds is 0. The molecule has 0 amide bonds. The Labute approximate surface area is 61.9 Å². The lowest BCUT2D eigenvalue weighted by Gasteiger charge is -2.15. The summed E-state index contributed by atoms with van der Waals surface area (Å²) in [6.45, 7) is 0. The van der Waals surface area contributed by atoms with Crippen molar-refractivity contribution in [3.8, 4) is 0 Å². The van der Waals surface area contributed by atoms with Gasteiger partial charge >= 0.3 is 0 Å². The van der Waals surface area contributed by atoms with E-state index in [2.05, 4.69) is 20.9 Å². The molecule has 4 N–H and O–H groups in total. The van der Waals surface area contributed by atoms with Crippen LogP contribution in [-0.4, -0.2) is 18.4 Å². The summed E-state index contributed by atoms with van der Waals surface area (Å²) >= 11 is 3.23. The molecule has 3 nitrogen and oxygen atoms in total. The normalized spacial score (nSPS) is 34.3. The molecular formula is C5H8BrN3. The standard InChI is InChI=1S/C5H8BrN3/c6-3-1-4(7)5(8)9-2-3/h1-2,4-5H,7-8H2. The molecule has 0 radical (unpaired) electrons. The number of nitrogens with zero attached hydrogens (tertiary/aromatic N) is 1. The molecule has 4 heteroatoms. The zero-order valence-electron chi connectivity index (χ0n) is 4.79. The van der Waals surface area contributed by atoms with E-state index in [1.807, 2.05) is 6.08 Å². The smallest absolute Gasteiger partial charge is 0.116 e. The zero-order chi connectivity index (χ0) is 6.85. The van der Waals surface area contributed by atoms with Crippen LogP contribution >= 0.6 is 15.9 Å². The molecule has 0 bridgehead atoms. The van der Waals surface area contributed by atoms with Crippen molar-refractivity contribution in [1.82, 2.24) is 0 Å². The maximum atomic E-state index is 5.52. The van der Waals surface area contributed by atoms with Crippen LogP contribution in [0.1, 0.15) is 0 Å². The van der Waals surface area contributed by atoms with Gasteiger partial charge < -0.3 is 11.5 Å². The molecular weight excluding hydrogens is 182 g/mol. The summed E-state index contributed by atoms with van der Waals surface area (Å²) in [5.41, 5.74) is 11.0. The second-order valence-corrected chi connectivity index (χ2v) is 2.81. The van der Waals surface area contributed by atoms with Crippen LogP contribution in [0.2, 0.25) is 0 Å². The van der Waals surface area contributed by atoms with Gasteiger partial charge in [0.05, 0.1) is 6.04 Å². The van der Waals surface area contributed by atoms with Crippen LogP contribution in [0.15, 0.2) is 15.6 Å². The van der Waals surface area contributed by atoms with E-state index in [-0.39, 0.29) is 12.2 Å². The van der Waals surface area contributed by atoms with Gasteiger partial charge in [-0.25, -0.2) is 0 Å². The van der Waals surface area contributed by atoms with Crippen LogP contribution in [0, 0.1) is 0 Å². The lowest BCUT2D eigenvalue weighted by atomic mass is 10.2. The Morgan fingerprint density at radius 2 is 2.22 bits per heavy atom. The third-order valence-electron chi connectivity index (χ3n) is 1.12.